The third-order valence-corrected chi connectivity index (χ3v) is 4.29. The summed E-state index contributed by atoms with van der Waals surface area (Å²) in [6, 6.07) is 12.2. The van der Waals surface area contributed by atoms with Crippen LogP contribution in [0.2, 0.25) is 10.0 Å². The number of furan rings is 1. The van der Waals surface area contributed by atoms with Gasteiger partial charge in [0, 0.05) is 0 Å². The molecular formula is C18H12Cl2N2O5. The molecule has 3 aromatic rings. The summed E-state index contributed by atoms with van der Waals surface area (Å²) in [6.45, 7) is 0.145. The maximum Gasteiger partial charge on any atom is 0.296 e. The number of ether oxygens (including phenoxy) is 1. The summed E-state index contributed by atoms with van der Waals surface area (Å²) in [5, 5.41) is 14.6. The van der Waals surface area contributed by atoms with E-state index in [0.29, 0.717) is 10.0 Å². The number of halogens is 2. The van der Waals surface area contributed by atoms with E-state index in [4.69, 9.17) is 32.4 Å². The summed E-state index contributed by atoms with van der Waals surface area (Å²) in [5.74, 6) is -0.277. The van der Waals surface area contributed by atoms with E-state index in [1.807, 2.05) is 0 Å². The minimum atomic E-state index is -0.607. The molecule has 138 valence electrons. The van der Waals surface area contributed by atoms with Crippen LogP contribution in [0.1, 0.15) is 16.1 Å². The molecule has 2 aromatic carbocycles. The molecule has 0 fully saturated rings. The van der Waals surface area contributed by atoms with E-state index in [1.54, 1.807) is 24.3 Å². The zero-order chi connectivity index (χ0) is 19.4. The molecule has 0 saturated heterocycles. The van der Waals surface area contributed by atoms with Crippen LogP contribution < -0.4 is 10.1 Å². The number of carbonyl (C=O) groups is 1. The lowest BCUT2D eigenvalue weighted by atomic mass is 10.2. The number of hydrogen-bond acceptors (Lipinski definition) is 5. The number of carbonyl (C=O) groups excluding carboxylic acids is 1. The molecule has 0 aliphatic heterocycles. The van der Waals surface area contributed by atoms with E-state index in [1.165, 1.54) is 30.5 Å². The second-order valence-electron chi connectivity index (χ2n) is 5.40. The van der Waals surface area contributed by atoms with Crippen molar-refractivity contribution in [2.75, 3.05) is 5.32 Å². The fourth-order valence-electron chi connectivity index (χ4n) is 2.25. The molecule has 7 nitrogen and oxygen atoms in total. The van der Waals surface area contributed by atoms with Crippen molar-refractivity contribution >= 4 is 40.5 Å². The Morgan fingerprint density at radius 1 is 1.15 bits per heavy atom. The van der Waals surface area contributed by atoms with Crippen LogP contribution in [0.5, 0.6) is 5.75 Å². The average Bonchev–Trinajstić information content (AvgIpc) is 3.18. The summed E-state index contributed by atoms with van der Waals surface area (Å²) in [6.07, 6.45) is 1.34. The second kappa shape index (κ2) is 8.11. The molecule has 0 aliphatic rings. The maximum absolute atomic E-state index is 12.0. The van der Waals surface area contributed by atoms with Crippen molar-refractivity contribution in [2.24, 2.45) is 0 Å². The molecule has 3 rings (SSSR count). The van der Waals surface area contributed by atoms with Crippen molar-refractivity contribution in [3.63, 3.8) is 0 Å². The predicted octanol–water partition coefficient (Wildman–Crippen LogP) is 5.33. The highest BCUT2D eigenvalue weighted by molar-refractivity contribution is 6.42. The average molecular weight is 407 g/mol. The zero-order valence-corrected chi connectivity index (χ0v) is 15.2. The van der Waals surface area contributed by atoms with Gasteiger partial charge in [0.1, 0.15) is 18.0 Å². The van der Waals surface area contributed by atoms with Crippen LogP contribution in [0.25, 0.3) is 0 Å². The summed E-state index contributed by atoms with van der Waals surface area (Å²) < 4.78 is 10.5. The van der Waals surface area contributed by atoms with Gasteiger partial charge in [0.05, 0.1) is 27.3 Å². The molecule has 1 N–H and O–H groups in total. The van der Waals surface area contributed by atoms with E-state index in [2.05, 4.69) is 5.32 Å². The van der Waals surface area contributed by atoms with Crippen molar-refractivity contribution in [1.29, 1.82) is 0 Å². The molecule has 0 unspecified atom stereocenters. The molecule has 0 bridgehead atoms. The topological polar surface area (TPSA) is 94.6 Å². The van der Waals surface area contributed by atoms with Crippen LogP contribution in [-0.2, 0) is 6.61 Å². The van der Waals surface area contributed by atoms with Crippen molar-refractivity contribution in [2.45, 2.75) is 6.61 Å². The van der Waals surface area contributed by atoms with Crippen LogP contribution in [0.3, 0.4) is 0 Å². The monoisotopic (exact) mass is 406 g/mol. The predicted molar refractivity (Wildman–Crippen MR) is 101 cm³/mol. The molecule has 0 spiro atoms. The Morgan fingerprint density at radius 2 is 1.96 bits per heavy atom. The number of nitro groups is 1. The number of nitro benzene ring substituents is 1. The van der Waals surface area contributed by atoms with E-state index in [9.17, 15) is 14.9 Å². The quantitative estimate of drug-likeness (QED) is 0.441. The first-order chi connectivity index (χ1) is 12.9. The molecule has 1 heterocycles. The van der Waals surface area contributed by atoms with Crippen molar-refractivity contribution in [1.82, 2.24) is 0 Å². The third kappa shape index (κ3) is 4.58. The van der Waals surface area contributed by atoms with Gasteiger partial charge >= 0.3 is 0 Å². The SMILES string of the molecule is O=C(Nc1ccc(OCc2ccc(Cl)c(Cl)c2)cc1[N+](=O)[O-])c1ccco1. The van der Waals surface area contributed by atoms with Crippen LogP contribution in [-0.4, -0.2) is 10.8 Å². The highest BCUT2D eigenvalue weighted by Gasteiger charge is 2.19. The number of benzene rings is 2. The lowest BCUT2D eigenvalue weighted by Crippen LogP contribution is -2.12. The van der Waals surface area contributed by atoms with Gasteiger partial charge in [-0.05, 0) is 42.0 Å². The Kier molecular flexibility index (Phi) is 5.63. The number of rotatable bonds is 6. The largest absolute Gasteiger partial charge is 0.489 e. The van der Waals surface area contributed by atoms with E-state index >= 15 is 0 Å². The third-order valence-electron chi connectivity index (χ3n) is 3.55. The van der Waals surface area contributed by atoms with Crippen LogP contribution in [0, 0.1) is 10.1 Å². The normalized spacial score (nSPS) is 10.4. The fraction of sp³-hybridized carbons (Fsp3) is 0.0556. The summed E-state index contributed by atoms with van der Waals surface area (Å²) in [4.78, 5) is 22.8. The van der Waals surface area contributed by atoms with E-state index in [-0.39, 0.29) is 29.5 Å². The number of anilines is 1. The van der Waals surface area contributed by atoms with Gasteiger partial charge in [-0.3, -0.25) is 14.9 Å². The summed E-state index contributed by atoms with van der Waals surface area (Å²) in [7, 11) is 0. The van der Waals surface area contributed by atoms with Crippen LogP contribution in [0.4, 0.5) is 11.4 Å². The molecule has 9 heteroatoms. The van der Waals surface area contributed by atoms with Gasteiger partial charge < -0.3 is 14.5 Å². The van der Waals surface area contributed by atoms with Gasteiger partial charge in [0.25, 0.3) is 11.6 Å². The molecule has 0 radical (unpaired) electrons. The summed E-state index contributed by atoms with van der Waals surface area (Å²) in [5.41, 5.74) is 0.479. The highest BCUT2D eigenvalue weighted by Crippen LogP contribution is 2.30. The van der Waals surface area contributed by atoms with Crippen LogP contribution >= 0.6 is 23.2 Å². The molecule has 27 heavy (non-hydrogen) atoms. The molecular weight excluding hydrogens is 395 g/mol. The second-order valence-corrected chi connectivity index (χ2v) is 6.22. The standard InChI is InChI=1S/C18H12Cl2N2O5/c19-13-5-3-11(8-14(13)20)10-27-12-4-6-15(16(9-12)22(24)25)21-18(23)17-2-1-7-26-17/h1-9H,10H2,(H,21,23). The van der Waals surface area contributed by atoms with Gasteiger partial charge in [0.15, 0.2) is 5.76 Å². The first kappa shape index (κ1) is 18.8. The number of nitrogens with one attached hydrogen (secondary N) is 1. The Balaban J connectivity index is 1.75. The van der Waals surface area contributed by atoms with E-state index in [0.717, 1.165) is 5.56 Å². The molecule has 0 saturated carbocycles. The lowest BCUT2D eigenvalue weighted by Gasteiger charge is -2.09. The Hall–Kier alpha value is -3.03. The number of nitrogens with zero attached hydrogens (tertiary/aromatic N) is 1. The minimum Gasteiger partial charge on any atom is -0.489 e. The van der Waals surface area contributed by atoms with Crippen molar-refractivity contribution in [3.8, 4) is 5.75 Å². The number of amides is 1. The van der Waals surface area contributed by atoms with Gasteiger partial charge in [-0.2, -0.15) is 0 Å². The fourth-order valence-corrected chi connectivity index (χ4v) is 2.57. The molecule has 0 aliphatic carbocycles. The lowest BCUT2D eigenvalue weighted by molar-refractivity contribution is -0.384. The Morgan fingerprint density at radius 3 is 2.63 bits per heavy atom. The van der Waals surface area contributed by atoms with Gasteiger partial charge in [-0.15, -0.1) is 0 Å². The van der Waals surface area contributed by atoms with Crippen LogP contribution in [0.15, 0.2) is 59.2 Å². The Bertz CT molecular complexity index is 989. The van der Waals surface area contributed by atoms with Crippen molar-refractivity contribution in [3.05, 3.63) is 86.3 Å². The van der Waals surface area contributed by atoms with Gasteiger partial charge in [-0.25, -0.2) is 0 Å². The molecule has 0 atom stereocenters. The van der Waals surface area contributed by atoms with Crippen molar-refractivity contribution < 1.29 is 18.9 Å². The first-order valence-electron chi connectivity index (χ1n) is 7.64. The Labute approximate surface area is 163 Å². The zero-order valence-electron chi connectivity index (χ0n) is 13.6. The van der Waals surface area contributed by atoms with Gasteiger partial charge in [-0.1, -0.05) is 29.3 Å². The highest BCUT2D eigenvalue weighted by atomic mass is 35.5. The smallest absolute Gasteiger partial charge is 0.296 e. The van der Waals surface area contributed by atoms with Gasteiger partial charge in [0.2, 0.25) is 0 Å². The number of hydrogen-bond donors (Lipinski definition) is 1. The molecule has 1 amide bonds. The molecule has 1 aromatic heterocycles. The first-order valence-corrected chi connectivity index (χ1v) is 8.39. The minimum absolute atomic E-state index is 0.0308. The summed E-state index contributed by atoms with van der Waals surface area (Å²) >= 11 is 11.8. The van der Waals surface area contributed by atoms with E-state index < -0.39 is 10.8 Å². The maximum atomic E-state index is 12.0.